The van der Waals surface area contributed by atoms with Crippen molar-refractivity contribution < 1.29 is 9.18 Å². The van der Waals surface area contributed by atoms with Crippen LogP contribution in [0.15, 0.2) is 42.5 Å². The number of nitrogens with zero attached hydrogens (tertiary/aromatic N) is 5. The number of aryl methyl sites for hydroxylation is 1. The van der Waals surface area contributed by atoms with Gasteiger partial charge in [-0.2, -0.15) is 5.26 Å². The summed E-state index contributed by atoms with van der Waals surface area (Å²) in [5, 5.41) is 13.0. The maximum atomic E-state index is 14.9. The lowest BCUT2D eigenvalue weighted by Gasteiger charge is -2.41. The van der Waals surface area contributed by atoms with E-state index in [2.05, 4.69) is 16.3 Å². The average molecular weight is 485 g/mol. The second kappa shape index (κ2) is 8.99. The van der Waals surface area contributed by atoms with E-state index in [9.17, 15) is 14.4 Å². The normalized spacial score (nSPS) is 20.3. The minimum Gasteiger partial charge on any atom is -0.363 e. The molecule has 1 N–H and O–H groups in total. The van der Waals surface area contributed by atoms with Crippen molar-refractivity contribution in [2.24, 2.45) is 0 Å². The summed E-state index contributed by atoms with van der Waals surface area (Å²) in [6, 6.07) is 14.2. The molecule has 0 unspecified atom stereocenters. The first-order valence-corrected chi connectivity index (χ1v) is 12.1. The Morgan fingerprint density at radius 2 is 1.94 bits per heavy atom. The van der Waals surface area contributed by atoms with Crippen molar-refractivity contribution in [3.8, 4) is 6.07 Å². The molecule has 2 aliphatic rings. The molecule has 2 aliphatic heterocycles. The molecule has 2 aromatic carbocycles. The summed E-state index contributed by atoms with van der Waals surface area (Å²) in [6.07, 6.45) is 0.606. The van der Waals surface area contributed by atoms with Crippen molar-refractivity contribution in [1.29, 1.82) is 5.26 Å². The van der Waals surface area contributed by atoms with Gasteiger partial charge in [0.1, 0.15) is 22.9 Å². The molecule has 36 heavy (non-hydrogen) atoms. The van der Waals surface area contributed by atoms with Gasteiger partial charge in [0, 0.05) is 12.1 Å². The Bertz CT molecular complexity index is 1400. The third-order valence-corrected chi connectivity index (χ3v) is 7.46. The fourth-order valence-corrected chi connectivity index (χ4v) is 5.61. The summed E-state index contributed by atoms with van der Waals surface area (Å²) >= 11 is 0. The predicted molar refractivity (Wildman–Crippen MR) is 136 cm³/mol. The average Bonchev–Trinajstić information content (AvgIpc) is 3.25. The number of fused-ring (bicyclic) bond motifs is 2. The van der Waals surface area contributed by atoms with Crippen LogP contribution in [0.1, 0.15) is 53.2 Å². The van der Waals surface area contributed by atoms with Gasteiger partial charge in [0.05, 0.1) is 35.6 Å². The molecule has 3 aromatic rings. The van der Waals surface area contributed by atoms with Crippen molar-refractivity contribution in [2.45, 2.75) is 45.2 Å². The van der Waals surface area contributed by atoms with Crippen molar-refractivity contribution >= 4 is 17.4 Å². The molecule has 0 radical (unpaired) electrons. The first-order chi connectivity index (χ1) is 17.2. The van der Waals surface area contributed by atoms with Gasteiger partial charge in [-0.1, -0.05) is 24.3 Å². The Morgan fingerprint density at radius 1 is 1.17 bits per heavy atom. The van der Waals surface area contributed by atoms with Crippen molar-refractivity contribution in [1.82, 2.24) is 14.9 Å². The van der Waals surface area contributed by atoms with Gasteiger partial charge in [0.2, 0.25) is 5.91 Å². The predicted octanol–water partition coefficient (Wildman–Crippen LogP) is 4.40. The van der Waals surface area contributed by atoms with Crippen LogP contribution in [-0.4, -0.2) is 40.9 Å². The number of likely N-dealkylation sites (tertiary alicyclic amines) is 1. The highest BCUT2D eigenvalue weighted by Gasteiger charge is 2.53. The van der Waals surface area contributed by atoms with E-state index in [1.54, 1.807) is 29.2 Å². The molecule has 0 bridgehead atoms. The largest absolute Gasteiger partial charge is 0.363 e. The zero-order chi connectivity index (χ0) is 25.6. The number of carbonyl (C=O) groups excluding carboxylic acids is 1. The number of nitriles is 1. The standard InChI is InChI=1S/C28H29FN6O/c1-17-20(14-30)8-7-9-21(17)18(2)31-26-22-15-35(24-11-6-5-10-23(24)29)27(36)28(12-13-34(4)16-28)25(22)32-19(3)33-26/h5-11,18H,12-13,15-16H2,1-4H3,(H,31,32,33)/t18-,28-/m1/s1. The monoisotopic (exact) mass is 484 g/mol. The molecule has 7 nitrogen and oxygen atoms in total. The number of hydrogen-bond donors (Lipinski definition) is 1. The molecule has 2 atom stereocenters. The van der Waals surface area contributed by atoms with Gasteiger partial charge < -0.3 is 15.1 Å². The van der Waals surface area contributed by atoms with E-state index in [-0.39, 0.29) is 24.2 Å². The van der Waals surface area contributed by atoms with Gasteiger partial charge >= 0.3 is 0 Å². The third kappa shape index (κ3) is 3.80. The van der Waals surface area contributed by atoms with Crippen LogP contribution >= 0.6 is 0 Å². The van der Waals surface area contributed by atoms with Crippen molar-refractivity contribution in [2.75, 3.05) is 30.4 Å². The van der Waals surface area contributed by atoms with Crippen molar-refractivity contribution in [3.05, 3.63) is 82.1 Å². The van der Waals surface area contributed by atoms with E-state index < -0.39 is 11.2 Å². The zero-order valence-corrected chi connectivity index (χ0v) is 21.0. The second-order valence-electron chi connectivity index (χ2n) is 9.86. The molecule has 1 amide bonds. The fraction of sp³-hybridized carbons (Fsp3) is 0.357. The SMILES string of the molecule is Cc1nc(N[C@H](C)c2cccc(C#N)c2C)c2c(n1)[C@]1(CCN(C)C1)C(=O)N(c1ccccc1F)C2. The van der Waals surface area contributed by atoms with Crippen LogP contribution in [0.2, 0.25) is 0 Å². The lowest BCUT2D eigenvalue weighted by atomic mass is 9.76. The topological polar surface area (TPSA) is 85.1 Å². The quantitative estimate of drug-likeness (QED) is 0.591. The van der Waals surface area contributed by atoms with E-state index in [1.165, 1.54) is 6.07 Å². The van der Waals surface area contributed by atoms with E-state index in [0.29, 0.717) is 30.2 Å². The van der Waals surface area contributed by atoms with E-state index in [4.69, 9.17) is 9.97 Å². The number of para-hydroxylation sites is 1. The third-order valence-electron chi connectivity index (χ3n) is 7.46. The highest BCUT2D eigenvalue weighted by atomic mass is 19.1. The zero-order valence-electron chi connectivity index (χ0n) is 21.0. The molecule has 3 heterocycles. The molecule has 8 heteroatoms. The molecule has 1 aromatic heterocycles. The first kappa shape index (κ1) is 23.9. The van der Waals surface area contributed by atoms with Gasteiger partial charge in [-0.05, 0) is 70.1 Å². The summed E-state index contributed by atoms with van der Waals surface area (Å²) in [6.45, 7) is 7.23. The van der Waals surface area contributed by atoms with Gasteiger partial charge in [-0.3, -0.25) is 4.79 Å². The van der Waals surface area contributed by atoms with Gasteiger partial charge in [-0.15, -0.1) is 0 Å². The Balaban J connectivity index is 1.64. The molecule has 1 spiro atoms. The Morgan fingerprint density at radius 3 is 2.64 bits per heavy atom. The first-order valence-electron chi connectivity index (χ1n) is 12.1. The Labute approximate surface area is 210 Å². The minimum atomic E-state index is -0.866. The number of halogens is 1. The second-order valence-corrected chi connectivity index (χ2v) is 9.86. The smallest absolute Gasteiger partial charge is 0.241 e. The summed E-state index contributed by atoms with van der Waals surface area (Å²) < 4.78 is 14.9. The lowest BCUT2D eigenvalue weighted by Crippen LogP contribution is -2.53. The maximum absolute atomic E-state index is 14.9. The summed E-state index contributed by atoms with van der Waals surface area (Å²) in [5.41, 5.74) is 3.47. The van der Waals surface area contributed by atoms with Crippen LogP contribution < -0.4 is 10.2 Å². The molecule has 0 aliphatic carbocycles. The molecule has 1 saturated heterocycles. The summed E-state index contributed by atoms with van der Waals surface area (Å²) in [5.74, 6) is 0.649. The van der Waals surface area contributed by atoms with Crippen molar-refractivity contribution in [3.63, 3.8) is 0 Å². The van der Waals surface area contributed by atoms with Gasteiger partial charge in [0.15, 0.2) is 0 Å². The number of rotatable bonds is 4. The van der Waals surface area contributed by atoms with Gasteiger partial charge in [-0.25, -0.2) is 14.4 Å². The minimum absolute atomic E-state index is 0.126. The number of aromatic nitrogens is 2. The number of benzene rings is 2. The van der Waals surface area contributed by atoms with E-state index in [0.717, 1.165) is 28.9 Å². The molecular formula is C28H29FN6O. The number of carbonyl (C=O) groups is 1. The molecule has 5 rings (SSSR count). The van der Waals surface area contributed by atoms with Crippen LogP contribution in [0.5, 0.6) is 0 Å². The Hall–Kier alpha value is -3.83. The van der Waals surface area contributed by atoms with E-state index in [1.807, 2.05) is 40.0 Å². The molecule has 0 saturated carbocycles. The number of likely N-dealkylation sites (N-methyl/N-ethyl adjacent to an activating group) is 1. The van der Waals surface area contributed by atoms with Crippen LogP contribution in [0, 0.1) is 31.0 Å². The molecule has 1 fully saturated rings. The van der Waals surface area contributed by atoms with Crippen LogP contribution in [-0.2, 0) is 16.8 Å². The maximum Gasteiger partial charge on any atom is 0.241 e. The lowest BCUT2D eigenvalue weighted by molar-refractivity contribution is -0.124. The number of amides is 1. The summed E-state index contributed by atoms with van der Waals surface area (Å²) in [4.78, 5) is 27.2. The molecule has 184 valence electrons. The van der Waals surface area contributed by atoms with Crippen LogP contribution in [0.3, 0.4) is 0 Å². The number of nitrogens with one attached hydrogen (secondary N) is 1. The fourth-order valence-electron chi connectivity index (χ4n) is 5.61. The highest BCUT2D eigenvalue weighted by Crippen LogP contribution is 2.44. The van der Waals surface area contributed by atoms with Gasteiger partial charge in [0.25, 0.3) is 0 Å². The number of hydrogen-bond acceptors (Lipinski definition) is 6. The van der Waals surface area contributed by atoms with Crippen LogP contribution in [0.25, 0.3) is 0 Å². The summed E-state index contributed by atoms with van der Waals surface area (Å²) in [7, 11) is 1.99. The van der Waals surface area contributed by atoms with E-state index >= 15 is 0 Å². The number of anilines is 2. The van der Waals surface area contributed by atoms with Crippen LogP contribution in [0.4, 0.5) is 15.9 Å². The Kier molecular flexibility index (Phi) is 5.97. The molecular weight excluding hydrogens is 455 g/mol. The highest BCUT2D eigenvalue weighted by molar-refractivity contribution is 6.03.